The van der Waals surface area contributed by atoms with Crippen LogP contribution in [0.2, 0.25) is 0 Å². The first kappa shape index (κ1) is 28.3. The lowest BCUT2D eigenvalue weighted by Crippen LogP contribution is -2.27. The molecular weight excluding hydrogens is 462 g/mol. The van der Waals surface area contributed by atoms with Gasteiger partial charge >= 0.3 is 5.97 Å². The van der Waals surface area contributed by atoms with Gasteiger partial charge in [0.15, 0.2) is 5.78 Å². The molecule has 1 amide bonds. The Morgan fingerprint density at radius 2 is 1.50 bits per heavy atom. The fourth-order valence-corrected chi connectivity index (χ4v) is 3.02. The van der Waals surface area contributed by atoms with Gasteiger partial charge in [0.1, 0.15) is 12.4 Å². The van der Waals surface area contributed by atoms with Crippen LogP contribution in [0.1, 0.15) is 40.7 Å². The number of hydrogen-bond donors (Lipinski definition) is 2. The Morgan fingerprint density at radius 1 is 0.889 bits per heavy atom. The van der Waals surface area contributed by atoms with Gasteiger partial charge in [0.25, 0.3) is 0 Å². The molecule has 0 fully saturated rings. The maximum absolute atomic E-state index is 12.6. The number of amides is 1. The third kappa shape index (κ3) is 11.5. The number of carboxylic acids is 1. The summed E-state index contributed by atoms with van der Waals surface area (Å²) in [7, 11) is 0. The molecule has 0 atom stereocenters. The summed E-state index contributed by atoms with van der Waals surface area (Å²) in [5, 5.41) is 11.4. The number of carboxylic acid groups (broad SMARTS) is 1. The molecule has 2 rings (SSSR count). The molecule has 2 aromatic carbocycles. The minimum Gasteiger partial charge on any atom is -0.491 e. The van der Waals surface area contributed by atoms with Crippen LogP contribution < -0.4 is 10.1 Å². The van der Waals surface area contributed by atoms with Crippen molar-refractivity contribution in [1.82, 2.24) is 5.32 Å². The number of hydrogen-bond acceptors (Lipinski definition) is 6. The van der Waals surface area contributed by atoms with Crippen LogP contribution in [-0.4, -0.2) is 62.3 Å². The van der Waals surface area contributed by atoms with Crippen molar-refractivity contribution in [1.29, 1.82) is 0 Å². The highest BCUT2D eigenvalue weighted by molar-refractivity contribution is 6.09. The van der Waals surface area contributed by atoms with Gasteiger partial charge in [-0.15, -0.1) is 12.3 Å². The van der Waals surface area contributed by atoms with Crippen LogP contribution in [-0.2, 0) is 19.1 Å². The Bertz CT molecular complexity index is 1040. The molecule has 0 spiro atoms. The Kier molecular flexibility index (Phi) is 13.1. The zero-order valence-corrected chi connectivity index (χ0v) is 20.1. The largest absolute Gasteiger partial charge is 0.491 e. The van der Waals surface area contributed by atoms with Crippen LogP contribution in [0.25, 0.3) is 6.08 Å². The molecule has 0 aliphatic heterocycles. The number of aliphatic carboxylic acids is 1. The van der Waals surface area contributed by atoms with Gasteiger partial charge in [0.05, 0.1) is 26.4 Å². The first-order valence-electron chi connectivity index (χ1n) is 11.6. The molecule has 2 aromatic rings. The maximum Gasteiger partial charge on any atom is 0.328 e. The maximum atomic E-state index is 12.6. The number of nitrogens with one attached hydrogen (secondary N) is 1. The topological polar surface area (TPSA) is 111 Å². The average molecular weight is 494 g/mol. The van der Waals surface area contributed by atoms with Gasteiger partial charge in [-0.25, -0.2) is 4.79 Å². The van der Waals surface area contributed by atoms with E-state index in [0.29, 0.717) is 81.3 Å². The van der Waals surface area contributed by atoms with Crippen molar-refractivity contribution in [2.24, 2.45) is 0 Å². The van der Waals surface area contributed by atoms with E-state index in [2.05, 4.69) is 11.2 Å². The standard InChI is InChI=1S/C28H31NO7/c1-2-3-4-5-26(30)29-16-17-34-18-19-35-20-21-36-25-13-11-24(12-14-25)28(33)23-9-6-22(7-10-23)8-15-27(31)32/h1,6-15H,3-5,16-21H2,(H,29,30)(H,31,32)/b15-8+. The van der Waals surface area contributed by atoms with E-state index in [1.165, 1.54) is 6.08 Å². The van der Waals surface area contributed by atoms with Gasteiger partial charge in [-0.2, -0.15) is 0 Å². The van der Waals surface area contributed by atoms with E-state index in [1.54, 1.807) is 48.5 Å². The molecule has 190 valence electrons. The first-order chi connectivity index (χ1) is 17.5. The number of ether oxygens (including phenoxy) is 3. The van der Waals surface area contributed by atoms with E-state index in [1.807, 2.05) is 0 Å². The van der Waals surface area contributed by atoms with Crippen LogP contribution in [0.3, 0.4) is 0 Å². The summed E-state index contributed by atoms with van der Waals surface area (Å²) in [5.41, 5.74) is 1.73. The summed E-state index contributed by atoms with van der Waals surface area (Å²) in [6.07, 6.45) is 9.37. The summed E-state index contributed by atoms with van der Waals surface area (Å²) in [6, 6.07) is 13.5. The Morgan fingerprint density at radius 3 is 2.14 bits per heavy atom. The van der Waals surface area contributed by atoms with Crippen molar-refractivity contribution in [3.8, 4) is 18.1 Å². The van der Waals surface area contributed by atoms with Crippen molar-refractivity contribution in [2.75, 3.05) is 39.6 Å². The number of terminal acetylenes is 1. The highest BCUT2D eigenvalue weighted by Crippen LogP contribution is 2.16. The smallest absolute Gasteiger partial charge is 0.328 e. The number of unbranched alkanes of at least 4 members (excludes halogenated alkanes) is 1. The number of benzene rings is 2. The van der Waals surface area contributed by atoms with Crippen LogP contribution in [0, 0.1) is 12.3 Å². The van der Waals surface area contributed by atoms with Crippen molar-refractivity contribution >= 4 is 23.7 Å². The van der Waals surface area contributed by atoms with Crippen LogP contribution >= 0.6 is 0 Å². The van der Waals surface area contributed by atoms with Gasteiger partial charge in [0.2, 0.25) is 5.91 Å². The van der Waals surface area contributed by atoms with E-state index < -0.39 is 5.97 Å². The van der Waals surface area contributed by atoms with Crippen molar-refractivity contribution in [3.63, 3.8) is 0 Å². The molecule has 8 heteroatoms. The molecule has 0 heterocycles. The van der Waals surface area contributed by atoms with Crippen LogP contribution in [0.15, 0.2) is 54.6 Å². The second-order valence-corrected chi connectivity index (χ2v) is 7.63. The molecule has 8 nitrogen and oxygen atoms in total. The lowest BCUT2D eigenvalue weighted by molar-refractivity contribution is -0.131. The fraction of sp³-hybridized carbons (Fsp3) is 0.321. The number of carbonyl (C=O) groups is 3. The average Bonchev–Trinajstić information content (AvgIpc) is 2.89. The van der Waals surface area contributed by atoms with Gasteiger partial charge in [-0.3, -0.25) is 9.59 Å². The predicted octanol–water partition coefficient (Wildman–Crippen LogP) is 3.35. The van der Waals surface area contributed by atoms with E-state index in [9.17, 15) is 14.4 Å². The molecule has 0 saturated carbocycles. The SMILES string of the molecule is C#CCCCC(=O)NCCOCCOCCOc1ccc(C(=O)c2ccc(/C=C/C(=O)O)cc2)cc1. The monoisotopic (exact) mass is 493 g/mol. The van der Waals surface area contributed by atoms with Crippen molar-refractivity contribution in [2.45, 2.75) is 19.3 Å². The van der Waals surface area contributed by atoms with Crippen molar-refractivity contribution < 1.29 is 33.7 Å². The zero-order chi connectivity index (χ0) is 26.0. The minimum absolute atomic E-state index is 0.0269. The molecule has 0 aromatic heterocycles. The minimum atomic E-state index is -1.03. The van der Waals surface area contributed by atoms with E-state index in [4.69, 9.17) is 25.7 Å². The van der Waals surface area contributed by atoms with Gasteiger partial charge in [0, 0.05) is 36.6 Å². The van der Waals surface area contributed by atoms with Gasteiger partial charge < -0.3 is 24.6 Å². The van der Waals surface area contributed by atoms with Gasteiger partial charge in [-0.1, -0.05) is 24.3 Å². The molecule has 0 unspecified atom stereocenters. The van der Waals surface area contributed by atoms with Crippen LogP contribution in [0.5, 0.6) is 5.75 Å². The summed E-state index contributed by atoms with van der Waals surface area (Å²) in [4.78, 5) is 34.7. The lowest BCUT2D eigenvalue weighted by atomic mass is 10.0. The lowest BCUT2D eigenvalue weighted by Gasteiger charge is -2.09. The van der Waals surface area contributed by atoms with Crippen LogP contribution in [0.4, 0.5) is 0 Å². The molecule has 0 bridgehead atoms. The summed E-state index contributed by atoms with van der Waals surface area (Å²) in [5.74, 6) is 1.93. The summed E-state index contributed by atoms with van der Waals surface area (Å²) < 4.78 is 16.5. The molecular formula is C28H31NO7. The zero-order valence-electron chi connectivity index (χ0n) is 20.1. The molecule has 0 aliphatic carbocycles. The van der Waals surface area contributed by atoms with Gasteiger partial charge in [-0.05, 0) is 42.3 Å². The Hall–Kier alpha value is -3.93. The highest BCUT2D eigenvalue weighted by atomic mass is 16.5. The van der Waals surface area contributed by atoms with E-state index >= 15 is 0 Å². The number of carbonyl (C=O) groups excluding carboxylic acids is 2. The second-order valence-electron chi connectivity index (χ2n) is 7.63. The summed E-state index contributed by atoms with van der Waals surface area (Å²) in [6.45, 7) is 2.44. The quantitative estimate of drug-likeness (QED) is 0.150. The second kappa shape index (κ2) is 16.7. The molecule has 36 heavy (non-hydrogen) atoms. The first-order valence-corrected chi connectivity index (χ1v) is 11.6. The molecule has 0 saturated heterocycles. The van der Waals surface area contributed by atoms with E-state index in [0.717, 1.165) is 6.08 Å². The third-order valence-electron chi connectivity index (χ3n) is 4.87. The normalized spacial score (nSPS) is 10.6. The fourth-order valence-electron chi connectivity index (χ4n) is 3.02. The molecule has 0 aliphatic rings. The molecule has 2 N–H and O–H groups in total. The molecule has 0 radical (unpaired) electrons. The Labute approximate surface area is 211 Å². The number of rotatable bonds is 17. The number of ketones is 1. The Balaban J connectivity index is 1.58. The van der Waals surface area contributed by atoms with E-state index in [-0.39, 0.29) is 11.7 Å². The van der Waals surface area contributed by atoms with Crippen molar-refractivity contribution in [3.05, 3.63) is 71.3 Å². The summed E-state index contributed by atoms with van der Waals surface area (Å²) >= 11 is 0. The highest BCUT2D eigenvalue weighted by Gasteiger charge is 2.09. The predicted molar refractivity (Wildman–Crippen MR) is 136 cm³/mol. The third-order valence-corrected chi connectivity index (χ3v) is 4.87.